The summed E-state index contributed by atoms with van der Waals surface area (Å²) in [6.07, 6.45) is 6.26. The van der Waals surface area contributed by atoms with Crippen molar-refractivity contribution < 1.29 is 0 Å². The van der Waals surface area contributed by atoms with E-state index >= 15 is 0 Å². The van der Waals surface area contributed by atoms with Gasteiger partial charge >= 0.3 is 0 Å². The van der Waals surface area contributed by atoms with Gasteiger partial charge in [0.1, 0.15) is 0 Å². The Balaban J connectivity index is 2.27. The monoisotopic (exact) mass is 564 g/mol. The van der Waals surface area contributed by atoms with Gasteiger partial charge in [-0.05, 0) is 82.2 Å². The van der Waals surface area contributed by atoms with E-state index in [0.29, 0.717) is 5.71 Å². The van der Waals surface area contributed by atoms with Crippen LogP contribution >= 0.6 is 0 Å². The summed E-state index contributed by atoms with van der Waals surface area (Å²) in [7, 11) is 0. The van der Waals surface area contributed by atoms with Crippen LogP contribution in [0.4, 0.5) is 0 Å². The van der Waals surface area contributed by atoms with Crippen molar-refractivity contribution in [3.05, 3.63) is 93.0 Å². The molecule has 0 amide bonds. The largest absolute Gasteiger partial charge is 0.355 e. The van der Waals surface area contributed by atoms with Crippen LogP contribution in [0.1, 0.15) is 101 Å². The van der Waals surface area contributed by atoms with Gasteiger partial charge in [0.25, 0.3) is 0 Å². The van der Waals surface area contributed by atoms with Crippen LogP contribution in [0.25, 0.3) is 22.3 Å². The zero-order valence-corrected chi connectivity index (χ0v) is 28.2. The first-order chi connectivity index (χ1) is 19.2. The summed E-state index contributed by atoms with van der Waals surface area (Å²) < 4.78 is 0. The summed E-state index contributed by atoms with van der Waals surface area (Å²) in [5.74, 6) is 0. The zero-order valence-electron chi connectivity index (χ0n) is 28.2. The van der Waals surface area contributed by atoms with Gasteiger partial charge in [-0.25, -0.2) is 0 Å². The van der Waals surface area contributed by atoms with Crippen molar-refractivity contribution in [1.82, 2.24) is 15.0 Å². The Labute approximate surface area is 252 Å². The standard InChI is InChI=1S/C38H52N4/c1-14-23-15-16-24(39)32(36(5,6)7)26-18-20-28(41-26)34(38(11,12)13)30-22-21-29(42-30)33(37(8,9)10)27-19-17-25(40-27)31(23)35(2,3)4/h14-22,39-42H,1-13H3/b16-15-,23-14+,31-25?,32-26?,33-27+,34-28?,39-24?. The SMILES string of the molecule is C/C=C1\C=C/C(=N)C(C(C)(C)C)=c2ccc([nH]2)=C(C(C)(C)C)c2ccc([nH]2)/C(C(C)(C)C)=c2/ccc([nH]2)=C1C(C)(C)C. The summed E-state index contributed by atoms with van der Waals surface area (Å²) in [5.41, 5.74) is 7.98. The fourth-order valence-corrected chi connectivity index (χ4v) is 6.49. The lowest BCUT2D eigenvalue weighted by Crippen LogP contribution is -2.27. The van der Waals surface area contributed by atoms with Gasteiger partial charge in [0.15, 0.2) is 0 Å². The zero-order chi connectivity index (χ0) is 31.4. The molecule has 1 aliphatic heterocycles. The van der Waals surface area contributed by atoms with Gasteiger partial charge < -0.3 is 20.4 Å². The average Bonchev–Trinajstić information content (AvgIpc) is 3.56. The molecule has 0 saturated carbocycles. The molecule has 0 spiro atoms. The predicted molar refractivity (Wildman–Crippen MR) is 181 cm³/mol. The highest BCUT2D eigenvalue weighted by Crippen LogP contribution is 2.36. The molecule has 3 aromatic rings. The van der Waals surface area contributed by atoms with Gasteiger partial charge in [0.2, 0.25) is 0 Å². The van der Waals surface area contributed by atoms with Crippen molar-refractivity contribution in [3.63, 3.8) is 0 Å². The molecule has 0 fully saturated rings. The number of aromatic amines is 3. The van der Waals surface area contributed by atoms with Crippen LogP contribution < -0.4 is 21.4 Å². The molecule has 4 heteroatoms. The second-order valence-corrected chi connectivity index (χ2v) is 15.8. The molecule has 4 heterocycles. The number of nitrogens with one attached hydrogen (secondary N) is 4. The summed E-state index contributed by atoms with van der Waals surface area (Å²) in [4.78, 5) is 11.4. The number of H-pyrrole nitrogens is 3. The highest BCUT2D eigenvalue weighted by molar-refractivity contribution is 6.24. The molecule has 1 aliphatic rings. The van der Waals surface area contributed by atoms with E-state index < -0.39 is 0 Å². The molecule has 4 N–H and O–H groups in total. The van der Waals surface area contributed by atoms with Crippen molar-refractivity contribution in [2.75, 3.05) is 0 Å². The van der Waals surface area contributed by atoms with Crippen molar-refractivity contribution in [3.8, 4) is 0 Å². The molecule has 0 aromatic carbocycles. The lowest BCUT2D eigenvalue weighted by atomic mass is 9.80. The van der Waals surface area contributed by atoms with Crippen molar-refractivity contribution in [2.45, 2.75) is 90.0 Å². The maximum Gasteiger partial charge on any atom is 0.0598 e. The minimum Gasteiger partial charge on any atom is -0.355 e. The van der Waals surface area contributed by atoms with Gasteiger partial charge in [0, 0.05) is 49.5 Å². The van der Waals surface area contributed by atoms with Gasteiger partial charge in [-0.2, -0.15) is 0 Å². The number of hydrogen-bond acceptors (Lipinski definition) is 1. The number of aromatic nitrogens is 3. The van der Waals surface area contributed by atoms with E-state index in [1.165, 1.54) is 16.7 Å². The Bertz CT molecular complexity index is 1810. The molecule has 0 aliphatic carbocycles. The maximum atomic E-state index is 9.29. The van der Waals surface area contributed by atoms with E-state index in [9.17, 15) is 5.41 Å². The number of rotatable bonds is 0. The minimum absolute atomic E-state index is 0.106. The molecular weight excluding hydrogens is 512 g/mol. The third-order valence-corrected chi connectivity index (χ3v) is 7.97. The van der Waals surface area contributed by atoms with Crippen LogP contribution in [0.15, 0.2) is 60.2 Å². The molecule has 224 valence electrons. The fourth-order valence-electron chi connectivity index (χ4n) is 6.49. The van der Waals surface area contributed by atoms with Crippen LogP contribution in [-0.2, 0) is 0 Å². The minimum atomic E-state index is -0.231. The first kappa shape index (κ1) is 31.4. The van der Waals surface area contributed by atoms with E-state index in [1.807, 2.05) is 6.08 Å². The first-order valence-electron chi connectivity index (χ1n) is 15.3. The van der Waals surface area contributed by atoms with Crippen LogP contribution in [0.2, 0.25) is 0 Å². The second-order valence-electron chi connectivity index (χ2n) is 15.8. The molecule has 42 heavy (non-hydrogen) atoms. The molecule has 4 rings (SSSR count). The Morgan fingerprint density at radius 1 is 0.476 bits per heavy atom. The Morgan fingerprint density at radius 2 is 0.833 bits per heavy atom. The maximum absolute atomic E-state index is 9.29. The molecule has 0 radical (unpaired) electrons. The summed E-state index contributed by atoms with van der Waals surface area (Å²) >= 11 is 0. The topological polar surface area (TPSA) is 71.2 Å². The number of hydrogen-bond donors (Lipinski definition) is 4. The molecule has 4 nitrogen and oxygen atoms in total. The molecule has 0 atom stereocenters. The first-order valence-corrected chi connectivity index (χ1v) is 15.3. The third-order valence-electron chi connectivity index (χ3n) is 7.97. The molecule has 0 saturated heterocycles. The molecule has 3 aromatic heterocycles. The van der Waals surface area contributed by atoms with E-state index in [1.54, 1.807) is 0 Å². The Hall–Kier alpha value is -3.53. The van der Waals surface area contributed by atoms with Gasteiger partial charge in [0.05, 0.1) is 5.71 Å². The Kier molecular flexibility index (Phi) is 7.95. The van der Waals surface area contributed by atoms with E-state index in [4.69, 9.17) is 0 Å². The highest BCUT2D eigenvalue weighted by Gasteiger charge is 2.27. The van der Waals surface area contributed by atoms with E-state index in [2.05, 4.69) is 154 Å². The van der Waals surface area contributed by atoms with Crippen LogP contribution in [0.3, 0.4) is 0 Å². The highest BCUT2D eigenvalue weighted by atomic mass is 14.8. The fraction of sp³-hybridized carbons (Fsp3) is 0.447. The number of fused-ring (bicyclic) bond motifs is 6. The molecule has 0 unspecified atom stereocenters. The molecule has 6 bridgehead atoms. The summed E-state index contributed by atoms with van der Waals surface area (Å²) in [6.45, 7) is 29.1. The predicted octanol–water partition coefficient (Wildman–Crippen LogP) is 7.09. The van der Waals surface area contributed by atoms with Gasteiger partial charge in [-0.15, -0.1) is 0 Å². The van der Waals surface area contributed by atoms with E-state index in [-0.39, 0.29) is 21.7 Å². The lowest BCUT2D eigenvalue weighted by molar-refractivity contribution is 0.557. The van der Waals surface area contributed by atoms with Crippen molar-refractivity contribution in [1.29, 1.82) is 5.41 Å². The van der Waals surface area contributed by atoms with Crippen molar-refractivity contribution in [2.24, 2.45) is 21.7 Å². The van der Waals surface area contributed by atoms with Gasteiger partial charge in [-0.3, -0.25) is 0 Å². The normalized spacial score (nSPS) is 19.0. The summed E-state index contributed by atoms with van der Waals surface area (Å²) in [6, 6.07) is 13.2. The summed E-state index contributed by atoms with van der Waals surface area (Å²) in [5, 5.41) is 13.6. The molecular formula is C38H52N4. The average molecular weight is 565 g/mol. The smallest absolute Gasteiger partial charge is 0.0598 e. The van der Waals surface area contributed by atoms with E-state index in [0.717, 1.165) is 43.9 Å². The number of allylic oxidation sites excluding steroid dienone is 4. The van der Waals surface area contributed by atoms with Gasteiger partial charge in [-0.1, -0.05) is 95.2 Å². The van der Waals surface area contributed by atoms with Crippen LogP contribution in [0, 0.1) is 27.1 Å². The lowest BCUT2D eigenvalue weighted by Gasteiger charge is -2.25. The quantitative estimate of drug-likeness (QED) is 0.225. The second kappa shape index (κ2) is 10.6. The van der Waals surface area contributed by atoms with Crippen LogP contribution in [0.5, 0.6) is 0 Å². The third kappa shape index (κ3) is 6.14. The van der Waals surface area contributed by atoms with Crippen LogP contribution in [-0.4, -0.2) is 20.7 Å². The Morgan fingerprint density at radius 3 is 1.19 bits per heavy atom. The van der Waals surface area contributed by atoms with Crippen molar-refractivity contribution >= 4 is 28.0 Å².